The van der Waals surface area contributed by atoms with Crippen LogP contribution in [0, 0.1) is 14.4 Å². The molecule has 0 fully saturated rings. The minimum atomic E-state index is 0. The Morgan fingerprint density at radius 3 is 1.50 bits per heavy atom. The van der Waals surface area contributed by atoms with Gasteiger partial charge in [-0.2, -0.15) is 6.20 Å². The maximum Gasteiger partial charge on any atom is 4.00 e. The average Bonchev–Trinajstić information content (AvgIpc) is 1.35. The Morgan fingerprint density at radius 1 is 1.20 bits per heavy atom. The Morgan fingerprint density at radius 2 is 1.50 bits per heavy atom. The first-order valence-corrected chi connectivity index (χ1v) is 1.89. The third-order valence-electron chi connectivity index (χ3n) is 0.404. The van der Waals surface area contributed by atoms with Crippen LogP contribution in [-0.4, -0.2) is 19.0 Å². The van der Waals surface area contributed by atoms with E-state index in [2.05, 4.69) is 6.92 Å². The van der Waals surface area contributed by atoms with E-state index in [1.807, 2.05) is 25.2 Å². The third-order valence-corrected chi connectivity index (χ3v) is 0.404. The van der Waals surface area contributed by atoms with E-state index in [1.165, 1.54) is 0 Å². The van der Waals surface area contributed by atoms with Crippen LogP contribution in [0.1, 0.15) is 0 Å². The molecule has 0 atom stereocenters. The van der Waals surface area contributed by atoms with Crippen LogP contribution in [-0.2, 0) is 19.5 Å². The molecule has 0 radical (unpaired) electrons. The largest absolute Gasteiger partial charge is 4.00 e. The van der Waals surface area contributed by atoms with Gasteiger partial charge < -0.3 is 24.6 Å². The van der Waals surface area contributed by atoms with Crippen molar-refractivity contribution in [1.29, 1.82) is 0 Å². The maximum atomic E-state index is 3.50. The summed E-state index contributed by atoms with van der Waals surface area (Å²) in [5.41, 5.74) is 0. The Labute approximate surface area is 77.8 Å². The summed E-state index contributed by atoms with van der Waals surface area (Å²) >= 11 is 0. The fourth-order valence-electron chi connectivity index (χ4n) is 0.211. The predicted molar refractivity (Wildman–Crippen MR) is 45.2 cm³/mol. The second kappa shape index (κ2) is 23.1. The van der Waals surface area contributed by atoms with Gasteiger partial charge in [-0.05, 0) is 14.1 Å². The van der Waals surface area contributed by atoms with Crippen LogP contribution in [0.25, 0.3) is 12.3 Å². The molecule has 0 aromatic rings. The van der Waals surface area contributed by atoms with Gasteiger partial charge in [0.15, 0.2) is 0 Å². The number of allylic oxidation sites excluding steroid dienone is 1. The molecule has 0 rings (SSSR count). The predicted octanol–water partition coefficient (Wildman–Crippen LogP) is 2.78. The van der Waals surface area contributed by atoms with E-state index < -0.39 is 0 Å². The molecular formula is C6H17N3Ru. The van der Waals surface area contributed by atoms with Gasteiger partial charge in [0.25, 0.3) is 0 Å². The molecule has 0 heterocycles. The molecule has 10 heavy (non-hydrogen) atoms. The van der Waals surface area contributed by atoms with Crippen molar-refractivity contribution in [3.8, 4) is 0 Å². The normalized spacial score (nSPS) is 5.80. The molecule has 0 spiro atoms. The molecule has 3 nitrogen and oxygen atoms in total. The summed E-state index contributed by atoms with van der Waals surface area (Å²) in [7, 11) is 3.92. The fourth-order valence-corrected chi connectivity index (χ4v) is 0.211. The monoisotopic (exact) mass is 233 g/mol. The second-order valence-electron chi connectivity index (χ2n) is 1.35. The van der Waals surface area contributed by atoms with E-state index in [4.69, 9.17) is 0 Å². The number of hydrogen-bond acceptors (Lipinski definition) is 1. The molecule has 0 aliphatic heterocycles. The van der Waals surface area contributed by atoms with E-state index in [-0.39, 0.29) is 39.2 Å². The Hall–Kier alpha value is -0.0466. The molecule has 0 unspecified atom stereocenters. The summed E-state index contributed by atoms with van der Waals surface area (Å²) in [6.07, 6.45) is 3.64. The van der Waals surface area contributed by atoms with Crippen molar-refractivity contribution in [2.75, 3.05) is 14.1 Å². The van der Waals surface area contributed by atoms with Crippen molar-refractivity contribution >= 4 is 0 Å². The first-order valence-electron chi connectivity index (χ1n) is 1.89. The zero-order chi connectivity index (χ0) is 4.99. The first-order chi connectivity index (χ1) is 2.77. The molecule has 0 aliphatic carbocycles. The Balaban J connectivity index is -0.0000000208. The van der Waals surface area contributed by atoms with Crippen molar-refractivity contribution in [3.05, 3.63) is 38.9 Å². The number of nitrogens with two attached hydrogens (primary N) is 2. The van der Waals surface area contributed by atoms with Crippen LogP contribution < -0.4 is 0 Å². The van der Waals surface area contributed by atoms with Crippen LogP contribution in [0.15, 0.2) is 12.3 Å². The van der Waals surface area contributed by atoms with Crippen molar-refractivity contribution < 1.29 is 19.5 Å². The number of nitrogens with zero attached hydrogens (tertiary/aromatic N) is 1. The van der Waals surface area contributed by atoms with Crippen molar-refractivity contribution in [1.82, 2.24) is 4.90 Å². The summed E-state index contributed by atoms with van der Waals surface area (Å²) in [6, 6.07) is 0. The van der Waals surface area contributed by atoms with Gasteiger partial charge >= 0.3 is 19.5 Å². The van der Waals surface area contributed by atoms with Gasteiger partial charge in [-0.3, -0.25) is 0 Å². The molecule has 0 bridgehead atoms. The topological polar surface area (TPSA) is 70.2 Å². The van der Waals surface area contributed by atoms with E-state index in [0.29, 0.717) is 0 Å². The van der Waals surface area contributed by atoms with E-state index in [0.717, 1.165) is 0 Å². The molecule has 0 aromatic heterocycles. The molecule has 0 aromatic carbocycles. The minimum absolute atomic E-state index is 0. The number of hydrogen-bond donors (Lipinski definition) is 0. The first kappa shape index (κ1) is 32.5. The summed E-state index contributed by atoms with van der Waals surface area (Å²) < 4.78 is 0. The molecule has 0 saturated heterocycles. The Bertz CT molecular complexity index is 55.0. The second-order valence-corrected chi connectivity index (χ2v) is 1.35. The van der Waals surface area contributed by atoms with Gasteiger partial charge in [-0.25, -0.2) is 13.0 Å². The van der Waals surface area contributed by atoms with Crippen molar-refractivity contribution in [3.63, 3.8) is 0 Å². The minimum Gasteiger partial charge on any atom is -0.693 e. The SMILES string of the molecule is [CH2-]/C=C/N(C)C.[CH3-].[NH2-].[NH2-].[Ru+4]. The summed E-state index contributed by atoms with van der Waals surface area (Å²) in [6.45, 7) is 3.50. The smallest absolute Gasteiger partial charge is 0.693 e. The van der Waals surface area contributed by atoms with Crippen molar-refractivity contribution in [2.24, 2.45) is 0 Å². The van der Waals surface area contributed by atoms with Gasteiger partial charge in [-0.15, -0.1) is 0 Å². The molecule has 4 heteroatoms. The van der Waals surface area contributed by atoms with E-state index in [1.54, 1.807) is 6.08 Å². The van der Waals surface area contributed by atoms with Crippen LogP contribution in [0.5, 0.6) is 0 Å². The van der Waals surface area contributed by atoms with Crippen LogP contribution in [0.4, 0.5) is 0 Å². The quantitative estimate of drug-likeness (QED) is 0.506. The average molecular weight is 232 g/mol. The molecule has 0 aliphatic rings. The zero-order valence-electron chi connectivity index (χ0n) is 6.82. The summed E-state index contributed by atoms with van der Waals surface area (Å²) in [5.74, 6) is 0. The van der Waals surface area contributed by atoms with Gasteiger partial charge in [0, 0.05) is 0 Å². The van der Waals surface area contributed by atoms with Crippen LogP contribution in [0.3, 0.4) is 0 Å². The number of rotatable bonds is 1. The standard InChI is InChI=1S/C5H10N.CH3.2H2N.Ru/c1-4-5-6(2)3;;;;/h4-5H,1H2,2-3H3;1H3;2*1H2;/q4*-1;+4/b5-4+;;;;. The Kier molecular flexibility index (Phi) is 75.1. The third kappa shape index (κ3) is 44.1. The maximum absolute atomic E-state index is 3.50. The zero-order valence-corrected chi connectivity index (χ0v) is 8.56. The summed E-state index contributed by atoms with van der Waals surface area (Å²) in [5, 5.41) is 0. The molecule has 0 saturated carbocycles. The van der Waals surface area contributed by atoms with Gasteiger partial charge in [0.05, 0.1) is 0 Å². The van der Waals surface area contributed by atoms with E-state index in [9.17, 15) is 0 Å². The van der Waals surface area contributed by atoms with Gasteiger partial charge in [-0.1, -0.05) is 0 Å². The van der Waals surface area contributed by atoms with Gasteiger partial charge in [0.2, 0.25) is 0 Å². The van der Waals surface area contributed by atoms with E-state index >= 15 is 0 Å². The van der Waals surface area contributed by atoms with Crippen LogP contribution >= 0.6 is 0 Å². The summed E-state index contributed by atoms with van der Waals surface area (Å²) in [4.78, 5) is 1.94. The van der Waals surface area contributed by atoms with Crippen molar-refractivity contribution in [2.45, 2.75) is 0 Å². The molecule has 0 amide bonds. The fraction of sp³-hybridized carbons (Fsp3) is 0.333. The molecular weight excluding hydrogens is 215 g/mol. The molecule has 64 valence electrons. The molecule has 4 N–H and O–H groups in total. The van der Waals surface area contributed by atoms with Crippen LogP contribution in [0.2, 0.25) is 0 Å². The van der Waals surface area contributed by atoms with Gasteiger partial charge in [0.1, 0.15) is 0 Å².